The molecule has 0 bridgehead atoms. The van der Waals surface area contributed by atoms with Crippen LogP contribution in [0.4, 0.5) is 4.39 Å². The van der Waals surface area contributed by atoms with E-state index in [0.717, 1.165) is 5.56 Å². The molecule has 0 fully saturated rings. The number of hydrogen-bond donors (Lipinski definition) is 1. The van der Waals surface area contributed by atoms with E-state index >= 15 is 0 Å². The molecule has 5 nitrogen and oxygen atoms in total. The Kier molecular flexibility index (Phi) is 6.67. The molecule has 3 rings (SSSR count). The molecule has 0 unspecified atom stereocenters. The van der Waals surface area contributed by atoms with Crippen LogP contribution in [0, 0.1) is 5.82 Å². The van der Waals surface area contributed by atoms with E-state index in [1.54, 1.807) is 19.2 Å². The Bertz CT molecular complexity index is 957. The summed E-state index contributed by atoms with van der Waals surface area (Å²) in [5.74, 6) is -1.25. The molecule has 0 aliphatic rings. The molecule has 2 amide bonds. The molecule has 0 radical (unpaired) electrons. The lowest BCUT2D eigenvalue weighted by Gasteiger charge is -2.25. The monoisotopic (exact) mass is 414 g/mol. The average molecular weight is 415 g/mol. The predicted octanol–water partition coefficient (Wildman–Crippen LogP) is 4.07. The van der Waals surface area contributed by atoms with Crippen molar-refractivity contribution in [3.63, 3.8) is 0 Å². The van der Waals surface area contributed by atoms with Gasteiger partial charge >= 0.3 is 0 Å². The number of rotatable bonds is 7. The largest absolute Gasteiger partial charge is 0.459 e. The number of nitrogens with one attached hydrogen (secondary N) is 1. The van der Waals surface area contributed by atoms with E-state index in [4.69, 9.17) is 16.0 Å². The minimum absolute atomic E-state index is 0.0216. The van der Waals surface area contributed by atoms with Crippen LogP contribution in [0.1, 0.15) is 21.7 Å². The summed E-state index contributed by atoms with van der Waals surface area (Å²) in [7, 11) is 1.54. The van der Waals surface area contributed by atoms with E-state index in [-0.39, 0.29) is 35.2 Å². The van der Waals surface area contributed by atoms with E-state index in [2.05, 4.69) is 5.32 Å². The highest BCUT2D eigenvalue weighted by Crippen LogP contribution is 2.21. The van der Waals surface area contributed by atoms with Gasteiger partial charge in [-0.1, -0.05) is 48.0 Å². The summed E-state index contributed by atoms with van der Waals surface area (Å²) in [4.78, 5) is 26.9. The first-order valence-corrected chi connectivity index (χ1v) is 9.39. The van der Waals surface area contributed by atoms with E-state index in [0.29, 0.717) is 0 Å². The molecule has 0 saturated heterocycles. The van der Waals surface area contributed by atoms with Crippen molar-refractivity contribution in [2.45, 2.75) is 19.0 Å². The summed E-state index contributed by atoms with van der Waals surface area (Å²) >= 11 is 6.08. The fraction of sp³-hybridized carbons (Fsp3) is 0.182. The topological polar surface area (TPSA) is 62.6 Å². The Labute approximate surface area is 173 Å². The summed E-state index contributed by atoms with van der Waals surface area (Å²) in [6.07, 6.45) is 1.66. The number of carbonyl (C=O) groups excluding carboxylic acids is 2. The molecule has 29 heavy (non-hydrogen) atoms. The van der Waals surface area contributed by atoms with Gasteiger partial charge < -0.3 is 14.6 Å². The lowest BCUT2D eigenvalue weighted by atomic mass is 10.0. The number of likely N-dealkylation sites (N-methyl/N-ethyl adjacent to an activating group) is 1. The second-order valence-corrected chi connectivity index (χ2v) is 6.99. The van der Waals surface area contributed by atoms with Gasteiger partial charge in [-0.3, -0.25) is 9.59 Å². The summed E-state index contributed by atoms with van der Waals surface area (Å²) in [5.41, 5.74) is 1.10. The van der Waals surface area contributed by atoms with Gasteiger partial charge in [0.05, 0.1) is 6.26 Å². The third-order valence-electron chi connectivity index (χ3n) is 4.46. The van der Waals surface area contributed by atoms with Crippen molar-refractivity contribution in [2.24, 2.45) is 0 Å². The average Bonchev–Trinajstić information content (AvgIpc) is 3.25. The molecule has 1 N–H and O–H groups in total. The maximum atomic E-state index is 14.1. The Morgan fingerprint density at radius 2 is 1.86 bits per heavy atom. The fourth-order valence-electron chi connectivity index (χ4n) is 2.95. The normalized spacial score (nSPS) is 11.7. The van der Waals surface area contributed by atoms with Gasteiger partial charge in [0.2, 0.25) is 5.91 Å². The highest BCUT2D eigenvalue weighted by molar-refractivity contribution is 6.31. The van der Waals surface area contributed by atoms with Crippen molar-refractivity contribution < 1.29 is 18.4 Å². The lowest BCUT2D eigenvalue weighted by molar-refractivity contribution is -0.132. The third-order valence-corrected chi connectivity index (χ3v) is 4.82. The van der Waals surface area contributed by atoms with Crippen molar-refractivity contribution in [3.05, 3.63) is 94.7 Å². The number of halogens is 2. The maximum Gasteiger partial charge on any atom is 0.287 e. The maximum absolute atomic E-state index is 14.1. The lowest BCUT2D eigenvalue weighted by Crippen LogP contribution is -2.48. The summed E-state index contributed by atoms with van der Waals surface area (Å²) < 4.78 is 19.2. The zero-order chi connectivity index (χ0) is 20.8. The van der Waals surface area contributed by atoms with E-state index in [1.165, 1.54) is 29.4 Å². The zero-order valence-electron chi connectivity index (χ0n) is 15.8. The molecular formula is C22H20ClFN2O3. The number of nitrogens with zero attached hydrogens (tertiary/aromatic N) is 1. The van der Waals surface area contributed by atoms with Crippen molar-refractivity contribution in [3.8, 4) is 0 Å². The molecule has 1 atom stereocenters. The van der Waals surface area contributed by atoms with Crippen LogP contribution in [-0.2, 0) is 17.8 Å². The van der Waals surface area contributed by atoms with E-state index < -0.39 is 17.8 Å². The molecule has 7 heteroatoms. The minimum Gasteiger partial charge on any atom is -0.459 e. The smallest absolute Gasteiger partial charge is 0.287 e. The number of carbonyl (C=O) groups is 2. The third kappa shape index (κ3) is 5.23. The molecule has 1 heterocycles. The van der Waals surface area contributed by atoms with Gasteiger partial charge in [-0.15, -0.1) is 0 Å². The second kappa shape index (κ2) is 9.39. The van der Waals surface area contributed by atoms with Crippen molar-refractivity contribution in [1.82, 2.24) is 10.2 Å². The van der Waals surface area contributed by atoms with E-state index in [1.807, 2.05) is 30.3 Å². The summed E-state index contributed by atoms with van der Waals surface area (Å²) in [6.45, 7) is -0.0216. The number of amides is 2. The van der Waals surface area contributed by atoms with E-state index in [9.17, 15) is 14.0 Å². The van der Waals surface area contributed by atoms with Crippen molar-refractivity contribution in [1.29, 1.82) is 0 Å². The molecule has 3 aromatic rings. The highest BCUT2D eigenvalue weighted by atomic mass is 35.5. The Hall–Kier alpha value is -3.12. The molecule has 0 aliphatic carbocycles. The number of hydrogen-bond acceptors (Lipinski definition) is 3. The quantitative estimate of drug-likeness (QED) is 0.633. The van der Waals surface area contributed by atoms with Crippen LogP contribution in [0.3, 0.4) is 0 Å². The van der Waals surface area contributed by atoms with Crippen molar-refractivity contribution in [2.75, 3.05) is 7.05 Å². The van der Waals surface area contributed by atoms with Crippen LogP contribution >= 0.6 is 11.6 Å². The molecule has 2 aromatic carbocycles. The van der Waals surface area contributed by atoms with Gasteiger partial charge in [0.15, 0.2) is 5.76 Å². The minimum atomic E-state index is -0.856. The standard InChI is InChI=1S/C22H20ClFN2O3/c1-26(14-16-17(23)9-5-10-18(16)24)22(28)19(13-15-7-3-2-4-8-15)25-21(27)20-11-6-12-29-20/h2-12,19H,13-14H2,1H3,(H,25,27)/t19-/m1/s1. The van der Waals surface area contributed by atoms with Gasteiger partial charge in [-0.05, 0) is 29.8 Å². The van der Waals surface area contributed by atoms with Gasteiger partial charge in [0.1, 0.15) is 11.9 Å². The van der Waals surface area contributed by atoms with Gasteiger partial charge in [0.25, 0.3) is 5.91 Å². The zero-order valence-corrected chi connectivity index (χ0v) is 16.5. The van der Waals surface area contributed by atoms with Crippen LogP contribution in [0.25, 0.3) is 0 Å². The first-order chi connectivity index (χ1) is 14.0. The van der Waals surface area contributed by atoms with Gasteiger partial charge in [-0.25, -0.2) is 4.39 Å². The summed E-state index contributed by atoms with van der Waals surface area (Å²) in [6, 6.07) is 15.9. The van der Waals surface area contributed by atoms with Crippen molar-refractivity contribution >= 4 is 23.4 Å². The highest BCUT2D eigenvalue weighted by Gasteiger charge is 2.26. The Morgan fingerprint density at radius 3 is 2.52 bits per heavy atom. The van der Waals surface area contributed by atoms with Crippen LogP contribution in [0.2, 0.25) is 5.02 Å². The summed E-state index contributed by atoms with van der Waals surface area (Å²) in [5, 5.41) is 2.95. The fourth-order valence-corrected chi connectivity index (χ4v) is 3.17. The molecule has 1 aromatic heterocycles. The van der Waals surface area contributed by atoms with Crippen LogP contribution in [-0.4, -0.2) is 29.8 Å². The first-order valence-electron chi connectivity index (χ1n) is 9.02. The van der Waals surface area contributed by atoms with Gasteiger partial charge in [-0.2, -0.15) is 0 Å². The Balaban J connectivity index is 1.79. The molecule has 0 spiro atoms. The SMILES string of the molecule is CN(Cc1c(F)cccc1Cl)C(=O)[C@@H](Cc1ccccc1)NC(=O)c1ccco1. The molecule has 0 aliphatic heterocycles. The van der Waals surface area contributed by atoms with Crippen LogP contribution < -0.4 is 5.32 Å². The molecular weight excluding hydrogens is 395 g/mol. The van der Waals surface area contributed by atoms with Gasteiger partial charge in [0, 0.05) is 30.6 Å². The molecule has 0 saturated carbocycles. The number of furan rings is 1. The molecule has 150 valence electrons. The predicted molar refractivity (Wildman–Crippen MR) is 108 cm³/mol. The second-order valence-electron chi connectivity index (χ2n) is 6.59. The first kappa shape index (κ1) is 20.6. The van der Waals surface area contributed by atoms with Crippen LogP contribution in [0.15, 0.2) is 71.3 Å². The van der Waals surface area contributed by atoms with Crippen LogP contribution in [0.5, 0.6) is 0 Å². The number of benzene rings is 2. The Morgan fingerprint density at radius 1 is 1.10 bits per heavy atom.